The first-order valence-corrected chi connectivity index (χ1v) is 16.2. The summed E-state index contributed by atoms with van der Waals surface area (Å²) < 4.78 is 124. The highest BCUT2D eigenvalue weighted by Gasteiger charge is 2.41. The number of hydrogen-bond acceptors (Lipinski definition) is 1. The minimum absolute atomic E-state index is 0.148. The van der Waals surface area contributed by atoms with Gasteiger partial charge in [-0.2, -0.15) is 8.78 Å². The van der Waals surface area contributed by atoms with E-state index in [0.717, 1.165) is 55.5 Å². The Hall–Kier alpha value is -4.14. The molecule has 0 aliphatic heterocycles. The van der Waals surface area contributed by atoms with Crippen LogP contribution in [0.15, 0.2) is 66.7 Å². The van der Waals surface area contributed by atoms with E-state index in [2.05, 4.69) is 11.7 Å². The maximum absolute atomic E-state index is 15.3. The lowest BCUT2D eigenvalue weighted by atomic mass is 9.77. The number of hydrogen-bond donors (Lipinski definition) is 0. The summed E-state index contributed by atoms with van der Waals surface area (Å²) in [6.45, 7) is 3.73. The first-order valence-electron chi connectivity index (χ1n) is 16.2. The zero-order valence-corrected chi connectivity index (χ0v) is 26.7. The topological polar surface area (TPSA) is 9.23 Å². The van der Waals surface area contributed by atoms with Gasteiger partial charge in [0.05, 0.1) is 0 Å². The summed E-state index contributed by atoms with van der Waals surface area (Å²) in [4.78, 5) is 0. The highest BCUT2D eigenvalue weighted by atomic mass is 19.3. The molecule has 9 heteroatoms. The molecule has 0 aromatic heterocycles. The van der Waals surface area contributed by atoms with Crippen molar-refractivity contribution in [3.63, 3.8) is 0 Å². The van der Waals surface area contributed by atoms with E-state index in [0.29, 0.717) is 24.1 Å². The van der Waals surface area contributed by atoms with Gasteiger partial charge in [-0.1, -0.05) is 56.9 Å². The van der Waals surface area contributed by atoms with Gasteiger partial charge in [0.15, 0.2) is 0 Å². The number of halogens is 8. The zero-order valence-electron chi connectivity index (χ0n) is 26.7. The molecule has 4 aromatic carbocycles. The molecule has 1 saturated carbocycles. The Morgan fingerprint density at radius 2 is 1.25 bits per heavy atom. The number of unbranched alkanes of at least 4 members (excludes halogenated alkanes) is 2. The lowest BCUT2D eigenvalue weighted by molar-refractivity contribution is -0.189. The van der Waals surface area contributed by atoms with Crippen LogP contribution in [-0.2, 0) is 6.11 Å². The fraction of sp³-hybridized carbons (Fsp3) is 0.333. The summed E-state index contributed by atoms with van der Waals surface area (Å²) in [6, 6.07) is 9.75. The largest absolute Gasteiger partial charge is 0.432 e. The van der Waals surface area contributed by atoms with Crippen LogP contribution in [0.2, 0.25) is 0 Å². The Morgan fingerprint density at radius 3 is 1.79 bits per heavy atom. The number of allylic oxidation sites excluding steroid dienone is 1. The molecule has 0 saturated heterocycles. The molecule has 1 fully saturated rings. The summed E-state index contributed by atoms with van der Waals surface area (Å²) in [5.74, 6) is -7.15. The second-order valence-corrected chi connectivity index (χ2v) is 12.4. The van der Waals surface area contributed by atoms with Crippen LogP contribution in [0.5, 0.6) is 5.75 Å². The number of rotatable bonds is 11. The number of alkyl halides is 2. The minimum Gasteiger partial charge on any atom is -0.429 e. The van der Waals surface area contributed by atoms with Crippen molar-refractivity contribution in [2.24, 2.45) is 5.92 Å². The average Bonchev–Trinajstić information content (AvgIpc) is 3.02. The SMILES string of the molecule is CC=Cc1c(F)cc(-c2ccc(OC(F)(F)c3c(F)cc(-c4ccc(C5CCC(CCCCC)CC5)cc4F)cc3F)cc2F)cc1F. The molecule has 0 atom stereocenters. The summed E-state index contributed by atoms with van der Waals surface area (Å²) in [6.07, 6.45) is 6.79. The molecule has 4 aromatic rings. The zero-order chi connectivity index (χ0) is 34.6. The summed E-state index contributed by atoms with van der Waals surface area (Å²) in [5, 5.41) is 0. The van der Waals surface area contributed by atoms with E-state index in [1.165, 1.54) is 50.0 Å². The molecule has 0 bridgehead atoms. The summed E-state index contributed by atoms with van der Waals surface area (Å²) in [5.41, 5.74) is -2.23. The number of ether oxygens (including phenoxy) is 1. The Kier molecular flexibility index (Phi) is 11.0. The monoisotopic (exact) mass is 672 g/mol. The van der Waals surface area contributed by atoms with Gasteiger partial charge in [0, 0.05) is 22.8 Å². The fourth-order valence-electron chi connectivity index (χ4n) is 6.55. The first kappa shape index (κ1) is 35.2. The van der Waals surface area contributed by atoms with Gasteiger partial charge in [0.1, 0.15) is 46.2 Å². The molecule has 0 amide bonds. The van der Waals surface area contributed by atoms with Gasteiger partial charge in [-0.3, -0.25) is 0 Å². The normalized spacial score (nSPS) is 16.9. The second-order valence-electron chi connectivity index (χ2n) is 12.4. The van der Waals surface area contributed by atoms with Gasteiger partial charge >= 0.3 is 6.11 Å². The molecule has 0 N–H and O–H groups in total. The summed E-state index contributed by atoms with van der Waals surface area (Å²) in [7, 11) is 0. The third-order valence-corrected chi connectivity index (χ3v) is 9.08. The van der Waals surface area contributed by atoms with Crippen LogP contribution >= 0.6 is 0 Å². The van der Waals surface area contributed by atoms with Crippen LogP contribution < -0.4 is 4.74 Å². The van der Waals surface area contributed by atoms with E-state index < -0.39 is 52.3 Å². The Balaban J connectivity index is 1.31. The standard InChI is InChI=1S/C39H36F8O/c1-3-5-6-8-23-9-11-24(12-10-23)25-13-15-29(32(40)17-25)27-20-36(44)38(37(45)21-27)39(46,47)48-28-14-16-30(35(43)22-28)26-18-33(41)31(7-4-2)34(42)19-26/h4,7,13-24H,3,5-6,8-12H2,1-2H3. The molecule has 0 unspecified atom stereocenters. The van der Waals surface area contributed by atoms with Crippen LogP contribution in [0.4, 0.5) is 35.1 Å². The quantitative estimate of drug-likeness (QED) is 0.114. The smallest absolute Gasteiger partial charge is 0.429 e. The Morgan fingerprint density at radius 1 is 0.688 bits per heavy atom. The van der Waals surface area contributed by atoms with Crippen molar-refractivity contribution in [3.8, 4) is 28.0 Å². The van der Waals surface area contributed by atoms with Crippen molar-refractivity contribution in [3.05, 3.63) is 118 Å². The Labute approximate surface area is 275 Å². The van der Waals surface area contributed by atoms with Crippen molar-refractivity contribution in [2.45, 2.75) is 77.2 Å². The molecule has 48 heavy (non-hydrogen) atoms. The van der Waals surface area contributed by atoms with Crippen molar-refractivity contribution in [2.75, 3.05) is 0 Å². The van der Waals surface area contributed by atoms with E-state index in [4.69, 9.17) is 0 Å². The molecule has 5 rings (SSSR count). The van der Waals surface area contributed by atoms with Gasteiger partial charge < -0.3 is 4.74 Å². The molecule has 0 heterocycles. The van der Waals surface area contributed by atoms with Crippen molar-refractivity contribution >= 4 is 6.08 Å². The minimum atomic E-state index is -4.61. The third-order valence-electron chi connectivity index (χ3n) is 9.08. The highest BCUT2D eigenvalue weighted by molar-refractivity contribution is 5.68. The lowest BCUT2D eigenvalue weighted by Crippen LogP contribution is -2.25. The van der Waals surface area contributed by atoms with E-state index >= 15 is 22.0 Å². The van der Waals surface area contributed by atoms with Crippen molar-refractivity contribution in [1.82, 2.24) is 0 Å². The first-order chi connectivity index (χ1) is 22.9. The molecule has 254 valence electrons. The van der Waals surface area contributed by atoms with Gasteiger partial charge in [-0.15, -0.1) is 0 Å². The van der Waals surface area contributed by atoms with E-state index in [9.17, 15) is 13.2 Å². The third kappa shape index (κ3) is 7.77. The predicted octanol–water partition coefficient (Wildman–Crippen LogP) is 12.9. The average molecular weight is 673 g/mol. The molecule has 1 aliphatic rings. The van der Waals surface area contributed by atoms with E-state index in [-0.39, 0.29) is 33.7 Å². The van der Waals surface area contributed by atoms with E-state index in [1.54, 1.807) is 13.0 Å². The number of benzene rings is 4. The molecule has 0 radical (unpaired) electrons. The molecule has 1 nitrogen and oxygen atoms in total. The van der Waals surface area contributed by atoms with Crippen molar-refractivity contribution in [1.29, 1.82) is 0 Å². The molecular formula is C39H36F8O. The summed E-state index contributed by atoms with van der Waals surface area (Å²) >= 11 is 0. The second kappa shape index (κ2) is 15.0. The predicted molar refractivity (Wildman–Crippen MR) is 172 cm³/mol. The van der Waals surface area contributed by atoms with Gasteiger partial charge in [-0.25, -0.2) is 26.3 Å². The van der Waals surface area contributed by atoms with Crippen molar-refractivity contribution < 1.29 is 39.9 Å². The van der Waals surface area contributed by atoms with Crippen LogP contribution in [0.3, 0.4) is 0 Å². The lowest BCUT2D eigenvalue weighted by Gasteiger charge is -2.29. The van der Waals surface area contributed by atoms with Crippen LogP contribution in [0, 0.1) is 40.8 Å². The molecule has 0 spiro atoms. The molecular weight excluding hydrogens is 636 g/mol. The van der Waals surface area contributed by atoms with Crippen LogP contribution in [0.1, 0.15) is 87.8 Å². The maximum atomic E-state index is 15.3. The van der Waals surface area contributed by atoms with Crippen LogP contribution in [-0.4, -0.2) is 0 Å². The van der Waals surface area contributed by atoms with E-state index in [1.807, 2.05) is 0 Å². The Bertz CT molecular complexity index is 1740. The highest BCUT2D eigenvalue weighted by Crippen LogP contribution is 2.41. The van der Waals surface area contributed by atoms with Gasteiger partial charge in [-0.05, 0) is 104 Å². The fourth-order valence-corrected chi connectivity index (χ4v) is 6.55. The van der Waals surface area contributed by atoms with Crippen LogP contribution in [0.25, 0.3) is 28.3 Å². The maximum Gasteiger partial charge on any atom is 0.432 e. The van der Waals surface area contributed by atoms with Gasteiger partial charge in [0.2, 0.25) is 0 Å². The van der Waals surface area contributed by atoms with Gasteiger partial charge in [0.25, 0.3) is 0 Å². The molecule has 1 aliphatic carbocycles.